The van der Waals surface area contributed by atoms with Crippen LogP contribution in [-0.4, -0.2) is 38.0 Å². The maximum atomic E-state index is 13.5. The van der Waals surface area contributed by atoms with Crippen molar-refractivity contribution >= 4 is 38.9 Å². The van der Waals surface area contributed by atoms with E-state index in [4.69, 9.17) is 16.3 Å². The zero-order valence-electron chi connectivity index (χ0n) is 20.7. The fraction of sp³-hybridized carbons (Fsp3) is 0.103. The first kappa shape index (κ1) is 26.4. The third-order valence-corrected chi connectivity index (χ3v) is 7.53. The van der Waals surface area contributed by atoms with Gasteiger partial charge in [0.15, 0.2) is 9.84 Å². The normalized spacial score (nSPS) is 15.1. The summed E-state index contributed by atoms with van der Waals surface area (Å²) in [4.78, 5) is 13.3. The van der Waals surface area contributed by atoms with Gasteiger partial charge in [0.2, 0.25) is 0 Å². The number of carbonyl (C=O) groups is 1. The lowest BCUT2D eigenvalue weighted by molar-refractivity contribution is 0.218. The van der Waals surface area contributed by atoms with E-state index in [1.165, 1.54) is 29.3 Å². The first-order valence-corrected chi connectivity index (χ1v) is 14.2. The maximum absolute atomic E-state index is 13.5. The Kier molecular flexibility index (Phi) is 7.36. The number of anilines is 1. The van der Waals surface area contributed by atoms with Gasteiger partial charge in [0.25, 0.3) is 0 Å². The lowest BCUT2D eigenvalue weighted by Crippen LogP contribution is -2.30. The summed E-state index contributed by atoms with van der Waals surface area (Å²) < 4.78 is 42.6. The molecular weight excluding hydrogens is 541 g/mol. The van der Waals surface area contributed by atoms with Crippen LogP contribution in [0.4, 0.5) is 14.9 Å². The molecule has 0 radical (unpaired) electrons. The molecule has 1 unspecified atom stereocenters. The van der Waals surface area contributed by atoms with Gasteiger partial charge in [0, 0.05) is 22.9 Å². The van der Waals surface area contributed by atoms with Crippen molar-refractivity contribution in [3.05, 3.63) is 119 Å². The molecular formula is C29H23ClFN3O4S. The molecule has 0 aliphatic carbocycles. The minimum Gasteiger partial charge on any atom is -0.457 e. The number of hydrazone groups is 1. The van der Waals surface area contributed by atoms with Gasteiger partial charge in [-0.05, 0) is 83.9 Å². The molecule has 7 nitrogen and oxygen atoms in total. The molecule has 1 heterocycles. The second-order valence-electron chi connectivity index (χ2n) is 8.98. The minimum absolute atomic E-state index is 0.207. The predicted octanol–water partition coefficient (Wildman–Crippen LogP) is 6.71. The van der Waals surface area contributed by atoms with Crippen molar-refractivity contribution in [2.45, 2.75) is 10.8 Å². The monoisotopic (exact) mass is 563 g/mol. The van der Waals surface area contributed by atoms with Crippen LogP contribution in [-0.2, 0) is 9.84 Å². The standard InChI is InChI=1S/C29H23ClFN3O4S/c1-39(36,37)26-16-14-25(15-17-26)38-24-12-10-23(11-13-24)32-29(35)34-18-27(19-4-8-22(31)9-5-19)28(33-34)20-2-6-21(30)7-3-20/h2-17,27H,18H2,1H3,(H,32,35). The van der Waals surface area contributed by atoms with Gasteiger partial charge < -0.3 is 10.1 Å². The number of benzene rings is 4. The van der Waals surface area contributed by atoms with Crippen LogP contribution in [0, 0.1) is 5.82 Å². The number of hydrogen-bond acceptors (Lipinski definition) is 5. The van der Waals surface area contributed by atoms with Gasteiger partial charge in [0.05, 0.1) is 17.2 Å². The highest BCUT2D eigenvalue weighted by atomic mass is 35.5. The Morgan fingerprint density at radius 3 is 2.10 bits per heavy atom. The zero-order chi connectivity index (χ0) is 27.6. The second-order valence-corrected chi connectivity index (χ2v) is 11.4. The number of rotatable bonds is 6. The first-order chi connectivity index (χ1) is 18.7. The number of ether oxygens (including phenoxy) is 1. The van der Waals surface area contributed by atoms with Crippen LogP contribution in [0.5, 0.6) is 11.5 Å². The molecule has 0 bridgehead atoms. The van der Waals surface area contributed by atoms with Crippen molar-refractivity contribution in [2.75, 3.05) is 18.1 Å². The van der Waals surface area contributed by atoms with Crippen LogP contribution >= 0.6 is 11.6 Å². The van der Waals surface area contributed by atoms with Gasteiger partial charge in [-0.25, -0.2) is 22.6 Å². The topological polar surface area (TPSA) is 88.1 Å². The van der Waals surface area contributed by atoms with Crippen molar-refractivity contribution < 1.29 is 22.3 Å². The van der Waals surface area contributed by atoms with Crippen molar-refractivity contribution in [1.82, 2.24) is 5.01 Å². The van der Waals surface area contributed by atoms with Crippen molar-refractivity contribution in [1.29, 1.82) is 0 Å². The SMILES string of the molecule is CS(=O)(=O)c1ccc(Oc2ccc(NC(=O)N3CC(c4ccc(F)cc4)C(c4ccc(Cl)cc4)=N3)cc2)cc1. The first-order valence-electron chi connectivity index (χ1n) is 11.9. The zero-order valence-corrected chi connectivity index (χ0v) is 22.3. The Balaban J connectivity index is 1.29. The van der Waals surface area contributed by atoms with Crippen molar-refractivity contribution in [3.8, 4) is 11.5 Å². The highest BCUT2D eigenvalue weighted by Crippen LogP contribution is 2.30. The molecule has 1 aliphatic heterocycles. The Morgan fingerprint density at radius 2 is 1.51 bits per heavy atom. The number of amides is 2. The maximum Gasteiger partial charge on any atom is 0.342 e. The summed E-state index contributed by atoms with van der Waals surface area (Å²) in [6, 6.07) is 25.8. The lowest BCUT2D eigenvalue weighted by Gasteiger charge is -2.16. The number of nitrogens with zero attached hydrogens (tertiary/aromatic N) is 2. The van der Waals surface area contributed by atoms with Crippen LogP contribution in [0.2, 0.25) is 5.02 Å². The summed E-state index contributed by atoms with van der Waals surface area (Å²) >= 11 is 6.05. The second kappa shape index (κ2) is 10.9. The van der Waals surface area contributed by atoms with Crippen LogP contribution in [0.1, 0.15) is 17.0 Å². The third kappa shape index (κ3) is 6.27. The molecule has 2 amide bonds. The Hall–Kier alpha value is -4.21. The highest BCUT2D eigenvalue weighted by molar-refractivity contribution is 7.90. The van der Waals surface area contributed by atoms with E-state index >= 15 is 0 Å². The summed E-state index contributed by atoms with van der Waals surface area (Å²) in [5.74, 6) is 0.407. The van der Waals surface area contributed by atoms with Gasteiger partial charge in [-0.15, -0.1) is 0 Å². The van der Waals surface area contributed by atoms with Crippen molar-refractivity contribution in [2.24, 2.45) is 5.10 Å². The quantitative estimate of drug-likeness (QED) is 0.282. The number of sulfone groups is 1. The molecule has 39 heavy (non-hydrogen) atoms. The Morgan fingerprint density at radius 1 is 0.923 bits per heavy atom. The largest absolute Gasteiger partial charge is 0.457 e. The molecule has 1 aliphatic rings. The van der Waals surface area contributed by atoms with Gasteiger partial charge in [-0.2, -0.15) is 5.10 Å². The molecule has 4 aromatic rings. The number of halogens is 2. The number of nitrogens with one attached hydrogen (secondary N) is 1. The smallest absolute Gasteiger partial charge is 0.342 e. The molecule has 198 valence electrons. The third-order valence-electron chi connectivity index (χ3n) is 6.15. The molecule has 5 rings (SSSR count). The fourth-order valence-corrected chi connectivity index (χ4v) is 4.91. The van der Waals surface area contributed by atoms with E-state index < -0.39 is 15.9 Å². The highest BCUT2D eigenvalue weighted by Gasteiger charge is 2.32. The molecule has 0 fully saturated rings. The van der Waals surface area contributed by atoms with Gasteiger partial charge >= 0.3 is 6.03 Å². The van der Waals surface area contributed by atoms with E-state index in [0.29, 0.717) is 27.9 Å². The van der Waals surface area contributed by atoms with Crippen LogP contribution < -0.4 is 10.1 Å². The van der Waals surface area contributed by atoms with E-state index in [2.05, 4.69) is 10.4 Å². The van der Waals surface area contributed by atoms with Gasteiger partial charge in [-0.1, -0.05) is 35.9 Å². The lowest BCUT2D eigenvalue weighted by atomic mass is 9.90. The van der Waals surface area contributed by atoms with Gasteiger partial charge in [0.1, 0.15) is 17.3 Å². The molecule has 4 aromatic carbocycles. The van der Waals surface area contributed by atoms with Crippen LogP contribution in [0.15, 0.2) is 107 Å². The number of hydrogen-bond donors (Lipinski definition) is 1. The molecule has 0 saturated carbocycles. The van der Waals surface area contributed by atoms with E-state index in [1.807, 2.05) is 12.1 Å². The Bertz CT molecular complexity index is 1620. The summed E-state index contributed by atoms with van der Waals surface area (Å²) in [6.45, 7) is 0.278. The number of urea groups is 1. The van der Waals surface area contributed by atoms with Crippen LogP contribution in [0.25, 0.3) is 0 Å². The molecule has 0 saturated heterocycles. The number of carbonyl (C=O) groups excluding carboxylic acids is 1. The van der Waals surface area contributed by atoms with E-state index in [9.17, 15) is 17.6 Å². The molecule has 0 aromatic heterocycles. The average Bonchev–Trinajstić information content (AvgIpc) is 3.36. The van der Waals surface area contributed by atoms with E-state index in [1.54, 1.807) is 60.7 Å². The summed E-state index contributed by atoms with van der Waals surface area (Å²) in [7, 11) is -3.29. The van der Waals surface area contributed by atoms with E-state index in [-0.39, 0.29) is 23.2 Å². The summed E-state index contributed by atoms with van der Waals surface area (Å²) in [5.41, 5.74) is 2.87. The average molecular weight is 564 g/mol. The van der Waals surface area contributed by atoms with E-state index in [0.717, 1.165) is 17.4 Å². The predicted molar refractivity (Wildman–Crippen MR) is 149 cm³/mol. The minimum atomic E-state index is -3.29. The van der Waals surface area contributed by atoms with Gasteiger partial charge in [-0.3, -0.25) is 0 Å². The Labute approximate surface area is 230 Å². The molecule has 1 N–H and O–H groups in total. The van der Waals surface area contributed by atoms with Crippen LogP contribution in [0.3, 0.4) is 0 Å². The molecule has 1 atom stereocenters. The molecule has 10 heteroatoms. The summed E-state index contributed by atoms with van der Waals surface area (Å²) in [5, 5.41) is 9.37. The fourth-order valence-electron chi connectivity index (χ4n) is 4.15. The summed E-state index contributed by atoms with van der Waals surface area (Å²) in [6.07, 6.45) is 1.14. The molecule has 0 spiro atoms. The van der Waals surface area contributed by atoms with Crippen molar-refractivity contribution in [3.63, 3.8) is 0 Å².